The minimum Gasteiger partial charge on any atom is -0.495 e. The first-order chi connectivity index (χ1) is 15.4. The molecule has 1 aromatic heterocycles. The molecular weight excluding hydrogens is 464 g/mol. The van der Waals surface area contributed by atoms with Gasteiger partial charge in [0.25, 0.3) is 0 Å². The fourth-order valence-corrected chi connectivity index (χ4v) is 5.79. The van der Waals surface area contributed by atoms with E-state index in [1.54, 1.807) is 7.11 Å². The summed E-state index contributed by atoms with van der Waals surface area (Å²) in [6.07, 6.45) is 2.24. The van der Waals surface area contributed by atoms with Crippen molar-refractivity contribution in [1.82, 2.24) is 9.88 Å². The summed E-state index contributed by atoms with van der Waals surface area (Å²) >= 11 is 9.40. The Morgan fingerprint density at radius 2 is 2.19 bits per heavy atom. The topological polar surface area (TPSA) is 66.5 Å². The van der Waals surface area contributed by atoms with Crippen LogP contribution in [0.5, 0.6) is 5.75 Å². The zero-order chi connectivity index (χ0) is 22.7. The van der Waals surface area contributed by atoms with E-state index >= 15 is 0 Å². The highest BCUT2D eigenvalue weighted by Crippen LogP contribution is 2.42. The molecule has 32 heavy (non-hydrogen) atoms. The van der Waals surface area contributed by atoms with Crippen molar-refractivity contribution in [1.29, 1.82) is 0 Å². The fraction of sp³-hybridized carbons (Fsp3) is 0.217. The Bertz CT molecular complexity index is 1160. The second-order valence-electron chi connectivity index (χ2n) is 7.35. The monoisotopic (exact) mass is 486 g/mol. The summed E-state index contributed by atoms with van der Waals surface area (Å²) in [4.78, 5) is 19.3. The van der Waals surface area contributed by atoms with Crippen LogP contribution in [-0.2, 0) is 17.8 Å². The number of nitrogens with one attached hydrogen (secondary N) is 2. The van der Waals surface area contributed by atoms with Gasteiger partial charge in [0.2, 0.25) is 5.91 Å². The summed E-state index contributed by atoms with van der Waals surface area (Å²) in [5.41, 5.74) is 4.19. The molecule has 4 rings (SSSR count). The molecule has 0 radical (unpaired) electrons. The van der Waals surface area contributed by atoms with Crippen LogP contribution in [0.25, 0.3) is 0 Å². The van der Waals surface area contributed by atoms with Crippen molar-refractivity contribution in [2.75, 3.05) is 31.3 Å². The van der Waals surface area contributed by atoms with Gasteiger partial charge in [-0.05, 0) is 61.0 Å². The molecule has 0 atom stereocenters. The number of ether oxygens (including phenoxy) is 1. The van der Waals surface area contributed by atoms with Crippen LogP contribution in [0.1, 0.15) is 11.1 Å². The van der Waals surface area contributed by atoms with Crippen LogP contribution in [0.4, 0.5) is 16.5 Å². The molecule has 0 spiro atoms. The number of thiazole rings is 1. The van der Waals surface area contributed by atoms with Crippen molar-refractivity contribution in [3.05, 3.63) is 65.3 Å². The van der Waals surface area contributed by atoms with Crippen LogP contribution in [0.15, 0.2) is 58.2 Å². The highest BCUT2D eigenvalue weighted by Gasteiger charge is 2.18. The van der Waals surface area contributed by atoms with Crippen LogP contribution < -0.4 is 15.4 Å². The maximum Gasteiger partial charge on any atom is 0.247 e. The first-order valence-corrected chi connectivity index (χ1v) is 12.0. The molecule has 0 fully saturated rings. The molecule has 166 valence electrons. The van der Waals surface area contributed by atoms with Crippen LogP contribution in [0.2, 0.25) is 5.15 Å². The molecule has 6 nitrogen and oxygen atoms in total. The van der Waals surface area contributed by atoms with Gasteiger partial charge in [-0.15, -0.1) is 0 Å². The molecule has 0 bridgehead atoms. The highest BCUT2D eigenvalue weighted by atomic mass is 35.5. The molecule has 2 heterocycles. The summed E-state index contributed by atoms with van der Waals surface area (Å²) in [5, 5.41) is 7.27. The molecule has 1 amide bonds. The van der Waals surface area contributed by atoms with Crippen molar-refractivity contribution >= 4 is 57.1 Å². The number of aromatic nitrogens is 1. The van der Waals surface area contributed by atoms with E-state index in [0.717, 1.165) is 40.1 Å². The summed E-state index contributed by atoms with van der Waals surface area (Å²) in [6, 6.07) is 11.8. The maximum atomic E-state index is 11.6. The molecule has 0 saturated carbocycles. The van der Waals surface area contributed by atoms with E-state index in [4.69, 9.17) is 16.3 Å². The number of likely N-dealkylation sites (N-methyl/N-ethyl adjacent to an activating group) is 1. The van der Waals surface area contributed by atoms with Gasteiger partial charge < -0.3 is 20.3 Å². The van der Waals surface area contributed by atoms with Crippen molar-refractivity contribution < 1.29 is 9.53 Å². The predicted molar refractivity (Wildman–Crippen MR) is 133 cm³/mol. The maximum absolute atomic E-state index is 11.6. The lowest BCUT2D eigenvalue weighted by Crippen LogP contribution is -2.26. The Labute approximate surface area is 200 Å². The first-order valence-electron chi connectivity index (χ1n) is 9.98. The van der Waals surface area contributed by atoms with Crippen molar-refractivity contribution in [2.45, 2.75) is 22.1 Å². The number of fused-ring (bicyclic) bond motifs is 1. The Morgan fingerprint density at radius 3 is 2.97 bits per heavy atom. The molecule has 1 aliphatic rings. The van der Waals surface area contributed by atoms with Gasteiger partial charge in [-0.1, -0.05) is 47.3 Å². The molecule has 3 aromatic rings. The molecule has 0 saturated heterocycles. The predicted octanol–water partition coefficient (Wildman–Crippen LogP) is 5.81. The number of carbonyl (C=O) groups excluding carboxylic acids is 1. The quantitative estimate of drug-likeness (QED) is 0.411. The second kappa shape index (κ2) is 9.95. The lowest BCUT2D eigenvalue weighted by atomic mass is 9.99. The second-order valence-corrected chi connectivity index (χ2v) is 10.1. The summed E-state index contributed by atoms with van der Waals surface area (Å²) in [6.45, 7) is 5.43. The van der Waals surface area contributed by atoms with Gasteiger partial charge in [-0.2, -0.15) is 0 Å². The number of hydrogen-bond acceptors (Lipinski definition) is 7. The Kier molecular flexibility index (Phi) is 7.05. The average molecular weight is 487 g/mol. The molecule has 0 aliphatic carbocycles. The first kappa shape index (κ1) is 22.7. The van der Waals surface area contributed by atoms with Gasteiger partial charge in [0, 0.05) is 23.7 Å². The van der Waals surface area contributed by atoms with Crippen LogP contribution >= 0.6 is 34.7 Å². The van der Waals surface area contributed by atoms with E-state index in [2.05, 4.69) is 46.3 Å². The third kappa shape index (κ3) is 5.27. The van der Waals surface area contributed by atoms with Crippen molar-refractivity contribution in [2.24, 2.45) is 0 Å². The van der Waals surface area contributed by atoms with Gasteiger partial charge in [0.1, 0.15) is 9.96 Å². The number of nitrogens with zero attached hydrogens (tertiary/aromatic N) is 2. The Morgan fingerprint density at radius 1 is 1.34 bits per heavy atom. The smallest absolute Gasteiger partial charge is 0.247 e. The number of carbonyl (C=O) groups is 1. The molecule has 9 heteroatoms. The number of anilines is 3. The van der Waals surface area contributed by atoms with Crippen LogP contribution in [0, 0.1) is 0 Å². The molecule has 0 unspecified atom stereocenters. The normalized spacial score (nSPS) is 13.3. The third-order valence-corrected chi connectivity index (χ3v) is 7.65. The molecule has 1 aliphatic heterocycles. The lowest BCUT2D eigenvalue weighted by molar-refractivity contribution is -0.111. The Balaban J connectivity index is 1.53. The molecular formula is C23H23ClN4O2S2. The summed E-state index contributed by atoms with van der Waals surface area (Å²) in [7, 11) is 3.80. The van der Waals surface area contributed by atoms with E-state index < -0.39 is 0 Å². The van der Waals surface area contributed by atoms with Crippen LogP contribution in [-0.4, -0.2) is 36.5 Å². The zero-order valence-electron chi connectivity index (χ0n) is 17.8. The van der Waals surface area contributed by atoms with E-state index in [9.17, 15) is 4.79 Å². The lowest BCUT2D eigenvalue weighted by Gasteiger charge is -2.26. The fourth-order valence-electron chi connectivity index (χ4n) is 3.45. The van der Waals surface area contributed by atoms with E-state index in [1.807, 2.05) is 24.3 Å². The summed E-state index contributed by atoms with van der Waals surface area (Å²) in [5.74, 6) is 0.533. The number of amides is 1. The number of benzene rings is 2. The van der Waals surface area contributed by atoms with Gasteiger partial charge in [0.05, 0.1) is 12.8 Å². The van der Waals surface area contributed by atoms with Crippen molar-refractivity contribution in [3.8, 4) is 5.75 Å². The number of halogens is 1. The van der Waals surface area contributed by atoms with E-state index in [-0.39, 0.29) is 5.91 Å². The van der Waals surface area contributed by atoms with Gasteiger partial charge in [0.15, 0.2) is 10.3 Å². The Hall–Kier alpha value is -2.52. The van der Waals surface area contributed by atoms with E-state index in [0.29, 0.717) is 16.0 Å². The SMILES string of the molecule is C=CC(=O)Nc1cccc(Sc2sc(Nc3cc4c(cc3OC)CN(C)CC4)nc2Cl)c1. The third-order valence-electron chi connectivity index (χ3n) is 5.02. The van der Waals surface area contributed by atoms with Crippen LogP contribution in [0.3, 0.4) is 0 Å². The number of methoxy groups -OCH3 is 1. The number of rotatable bonds is 7. The number of hydrogen-bond donors (Lipinski definition) is 2. The summed E-state index contributed by atoms with van der Waals surface area (Å²) < 4.78 is 6.48. The molecule has 2 N–H and O–H groups in total. The van der Waals surface area contributed by atoms with E-state index in [1.165, 1.54) is 40.3 Å². The minimum absolute atomic E-state index is 0.250. The standard InChI is InChI=1S/C23H23ClN4O2S2/c1-4-20(29)25-16-6-5-7-17(12-16)31-22-21(24)27-23(32-22)26-18-10-14-8-9-28(2)13-15(14)11-19(18)30-3/h4-7,10-12H,1,8-9,13H2,2-3H3,(H,25,29)(H,26,27). The largest absolute Gasteiger partial charge is 0.495 e. The molecule has 2 aromatic carbocycles. The highest BCUT2D eigenvalue weighted by molar-refractivity contribution is 8.01. The van der Waals surface area contributed by atoms with Gasteiger partial charge in [-0.3, -0.25) is 4.79 Å². The minimum atomic E-state index is -0.250. The van der Waals surface area contributed by atoms with Gasteiger partial charge in [-0.25, -0.2) is 4.98 Å². The van der Waals surface area contributed by atoms with Crippen molar-refractivity contribution in [3.63, 3.8) is 0 Å². The zero-order valence-corrected chi connectivity index (χ0v) is 20.2. The van der Waals surface area contributed by atoms with Gasteiger partial charge >= 0.3 is 0 Å². The average Bonchev–Trinajstić information content (AvgIpc) is 3.12.